The summed E-state index contributed by atoms with van der Waals surface area (Å²) >= 11 is 0. The maximum atomic E-state index is 14.8. The summed E-state index contributed by atoms with van der Waals surface area (Å²) in [6, 6.07) is 8.30. The molecule has 5 fully saturated rings. The van der Waals surface area contributed by atoms with Gasteiger partial charge in [-0.3, -0.25) is 14.5 Å². The van der Waals surface area contributed by atoms with Crippen molar-refractivity contribution in [1.82, 2.24) is 9.80 Å². The van der Waals surface area contributed by atoms with E-state index < -0.39 is 89.6 Å². The predicted octanol–water partition coefficient (Wildman–Crippen LogP) is 4.47. The molecule has 5 aliphatic rings. The van der Waals surface area contributed by atoms with Gasteiger partial charge in [-0.2, -0.15) is 0 Å². The fourth-order valence-electron chi connectivity index (χ4n) is 10.0. The van der Waals surface area contributed by atoms with Crippen molar-refractivity contribution in [3.63, 3.8) is 0 Å². The third-order valence-electron chi connectivity index (χ3n) is 13.1. The lowest BCUT2D eigenvalue weighted by atomic mass is 9.73. The van der Waals surface area contributed by atoms with Gasteiger partial charge >= 0.3 is 12.1 Å². The highest BCUT2D eigenvalue weighted by Crippen LogP contribution is 2.45. The number of cyclic esters (lactones) is 1. The number of likely N-dealkylation sites (N-methyl/N-ethyl adjacent to an activating group) is 1. The molecule has 6 bridgehead atoms. The van der Waals surface area contributed by atoms with E-state index in [0.717, 1.165) is 0 Å². The fraction of sp³-hybridized carbons (Fsp3) is 0.767. The van der Waals surface area contributed by atoms with Crippen LogP contribution in [0.2, 0.25) is 0 Å². The lowest BCUT2D eigenvalue weighted by Crippen LogP contribution is -2.61. The van der Waals surface area contributed by atoms with Crippen molar-refractivity contribution in [1.29, 1.82) is 0 Å². The van der Waals surface area contributed by atoms with Crippen LogP contribution in [0.25, 0.3) is 0 Å². The molecule has 0 spiro atoms. The van der Waals surface area contributed by atoms with Crippen LogP contribution < -0.4 is 4.74 Å². The molecule has 15 heteroatoms. The van der Waals surface area contributed by atoms with Crippen LogP contribution in [0.5, 0.6) is 5.75 Å². The van der Waals surface area contributed by atoms with Crippen LogP contribution in [0, 0.1) is 29.6 Å². The van der Waals surface area contributed by atoms with Crippen LogP contribution in [0.4, 0.5) is 4.79 Å². The third kappa shape index (κ3) is 8.90. The summed E-state index contributed by atoms with van der Waals surface area (Å²) < 4.78 is 45.5. The molecule has 15 atom stereocenters. The summed E-state index contributed by atoms with van der Waals surface area (Å²) in [5.41, 5.74) is -2.13. The number of oxime groups is 1. The molecule has 0 aromatic heterocycles. The largest absolute Gasteiger partial charge is 0.490 e. The van der Waals surface area contributed by atoms with Gasteiger partial charge in [0.1, 0.15) is 30.3 Å². The number of fused-ring (bicyclic) bond motifs is 5. The number of aliphatic hydroxyl groups is 1. The number of carbonyl (C=O) groups excluding carboxylic acids is 3. The van der Waals surface area contributed by atoms with Crippen molar-refractivity contribution in [2.24, 2.45) is 34.7 Å². The SMILES string of the molecule is CC[C@H]1OC(=O)[C@H](C)[C@H]2OCC3COC(C)(C[C@@H](C)C(=O)[C@H](C)[C@@H]4N(C/C3=N/OCCOc3ccccc3)C(=O)OC41C)[C@H](O[C@@H]1O[C@H](C)C[C@H](N(C)C)[C@H]1O)[C@H]2C. The number of esters is 1. The lowest BCUT2D eigenvalue weighted by molar-refractivity contribution is -0.302. The van der Waals surface area contributed by atoms with Crippen LogP contribution in [0.3, 0.4) is 0 Å². The van der Waals surface area contributed by atoms with E-state index >= 15 is 0 Å². The molecule has 6 rings (SSSR count). The van der Waals surface area contributed by atoms with Gasteiger partial charge < -0.3 is 48.0 Å². The van der Waals surface area contributed by atoms with Gasteiger partial charge in [0.05, 0.1) is 61.3 Å². The molecule has 0 saturated carbocycles. The first-order chi connectivity index (χ1) is 27.5. The first-order valence-electron chi connectivity index (χ1n) is 21.0. The lowest BCUT2D eigenvalue weighted by Gasteiger charge is -2.48. The molecular formula is C43H65N3O12. The van der Waals surface area contributed by atoms with E-state index in [2.05, 4.69) is 5.16 Å². The number of aliphatic hydroxyl groups excluding tert-OH is 1. The van der Waals surface area contributed by atoms with E-state index in [0.29, 0.717) is 24.3 Å². The van der Waals surface area contributed by atoms with Gasteiger partial charge in [0.15, 0.2) is 18.5 Å². The van der Waals surface area contributed by atoms with Gasteiger partial charge in [0.2, 0.25) is 0 Å². The summed E-state index contributed by atoms with van der Waals surface area (Å²) in [5, 5.41) is 16.3. The molecule has 1 N–H and O–H groups in total. The molecule has 3 unspecified atom stereocenters. The van der Waals surface area contributed by atoms with Gasteiger partial charge in [0.25, 0.3) is 0 Å². The Labute approximate surface area is 342 Å². The summed E-state index contributed by atoms with van der Waals surface area (Å²) in [6.07, 6.45) is -4.31. The summed E-state index contributed by atoms with van der Waals surface area (Å²) in [5.74, 6) is -3.27. The molecule has 0 radical (unpaired) electrons. The van der Waals surface area contributed by atoms with Crippen LogP contribution in [-0.2, 0) is 42.8 Å². The maximum absolute atomic E-state index is 14.8. The monoisotopic (exact) mass is 815 g/mol. The number of amides is 1. The molecule has 5 saturated heterocycles. The number of hydrogen-bond donors (Lipinski definition) is 1. The standard InChI is InChI=1S/C43H65N3O12/c1-11-33-43(8)37-26(4)34(47)24(2)20-42(7)38(57-40-35(48)32(45(9)10)19-25(3)55-40)27(5)36(28(6)39(49)56-33)52-22-29(23-53-42)31(21-46(37)41(50)58-43)44-54-18-17-51-30-15-13-12-14-16-30/h12-16,24-29,32-33,35-38,40,48H,11,17-23H2,1-10H3/b44-31-/t24-,25-,26+,27+,28-,29?,32+,33-,35-,36+,37+,38-,40+,42?,43?/m1/s1. The number of rotatable bonds is 9. The van der Waals surface area contributed by atoms with Crippen molar-refractivity contribution >= 4 is 23.6 Å². The highest BCUT2D eigenvalue weighted by atomic mass is 16.7. The number of hydrogen-bond acceptors (Lipinski definition) is 14. The van der Waals surface area contributed by atoms with E-state index in [4.69, 9.17) is 38.0 Å². The van der Waals surface area contributed by atoms with E-state index in [1.807, 2.05) is 83.9 Å². The van der Waals surface area contributed by atoms with Gasteiger partial charge in [-0.25, -0.2) is 4.79 Å². The Morgan fingerprint density at radius 2 is 1.72 bits per heavy atom. The van der Waals surface area contributed by atoms with Crippen molar-refractivity contribution < 1.29 is 57.5 Å². The maximum Gasteiger partial charge on any atom is 0.411 e. The van der Waals surface area contributed by atoms with Crippen molar-refractivity contribution in [3.8, 4) is 5.75 Å². The molecule has 5 heterocycles. The Kier molecular flexibility index (Phi) is 13.8. The Morgan fingerprint density at radius 1 is 1.00 bits per heavy atom. The van der Waals surface area contributed by atoms with Gasteiger partial charge in [-0.05, 0) is 73.2 Å². The Bertz CT molecular complexity index is 1630. The van der Waals surface area contributed by atoms with Crippen LogP contribution in [0.1, 0.15) is 74.7 Å². The smallest absolute Gasteiger partial charge is 0.411 e. The van der Waals surface area contributed by atoms with Crippen LogP contribution in [-0.4, -0.2) is 146 Å². The number of benzene rings is 1. The second-order valence-electron chi connectivity index (χ2n) is 17.7. The van der Waals surface area contributed by atoms with Crippen molar-refractivity contribution in [3.05, 3.63) is 30.3 Å². The van der Waals surface area contributed by atoms with Crippen molar-refractivity contribution in [2.45, 2.75) is 135 Å². The summed E-state index contributed by atoms with van der Waals surface area (Å²) in [4.78, 5) is 52.7. The minimum atomic E-state index is -1.38. The number of carbonyl (C=O) groups is 3. The van der Waals surface area contributed by atoms with Gasteiger partial charge in [0, 0.05) is 29.7 Å². The summed E-state index contributed by atoms with van der Waals surface area (Å²) in [7, 11) is 3.83. The third-order valence-corrected chi connectivity index (χ3v) is 13.1. The number of Topliss-reactive ketones (excluding diaryl/α,β-unsaturated/α-hetero) is 1. The van der Waals surface area contributed by atoms with Gasteiger partial charge in [-0.1, -0.05) is 51.0 Å². The topological polar surface area (TPSA) is 164 Å². The Morgan fingerprint density at radius 3 is 2.41 bits per heavy atom. The molecule has 1 amide bonds. The highest BCUT2D eigenvalue weighted by Gasteiger charge is 2.61. The number of nitrogens with zero attached hydrogens (tertiary/aromatic N) is 3. The zero-order valence-corrected chi connectivity index (χ0v) is 35.8. The van der Waals surface area contributed by atoms with Crippen LogP contribution >= 0.6 is 0 Å². The fourth-order valence-corrected chi connectivity index (χ4v) is 10.0. The molecule has 58 heavy (non-hydrogen) atoms. The average molecular weight is 816 g/mol. The molecular weight excluding hydrogens is 750 g/mol. The minimum Gasteiger partial charge on any atom is -0.490 e. The first-order valence-corrected chi connectivity index (χ1v) is 21.0. The van der Waals surface area contributed by atoms with Gasteiger partial charge in [-0.15, -0.1) is 0 Å². The zero-order chi connectivity index (χ0) is 42.1. The van der Waals surface area contributed by atoms with E-state index in [9.17, 15) is 19.5 Å². The number of ketones is 1. The van der Waals surface area contributed by atoms with E-state index in [-0.39, 0.29) is 57.3 Å². The van der Waals surface area contributed by atoms with E-state index in [1.165, 1.54) is 4.90 Å². The Hall–Kier alpha value is -3.34. The molecule has 0 aliphatic carbocycles. The van der Waals surface area contributed by atoms with Crippen LogP contribution in [0.15, 0.2) is 35.5 Å². The molecule has 5 aliphatic heterocycles. The van der Waals surface area contributed by atoms with E-state index in [1.54, 1.807) is 20.8 Å². The normalized spacial score (nSPS) is 41.9. The molecule has 1 aromatic carbocycles. The number of ether oxygens (including phenoxy) is 7. The minimum absolute atomic E-state index is 0.0427. The Balaban J connectivity index is 1.47. The first kappa shape index (κ1) is 44.2. The molecule has 15 nitrogen and oxygen atoms in total. The molecule has 324 valence electrons. The molecule has 1 aromatic rings. The average Bonchev–Trinajstić information content (AvgIpc) is 3.46. The highest BCUT2D eigenvalue weighted by molar-refractivity contribution is 5.92. The summed E-state index contributed by atoms with van der Waals surface area (Å²) in [6.45, 7) is 15.2. The quantitative estimate of drug-likeness (QED) is 0.211. The second kappa shape index (κ2) is 18.1. The second-order valence-corrected chi connectivity index (χ2v) is 17.7. The van der Waals surface area contributed by atoms with Crippen molar-refractivity contribution in [2.75, 3.05) is 47.1 Å². The number of para-hydroxylation sites is 1. The predicted molar refractivity (Wildman–Crippen MR) is 212 cm³/mol. The zero-order valence-electron chi connectivity index (χ0n) is 35.8.